The molecule has 4 nitrogen and oxygen atoms in total. The Kier molecular flexibility index (Phi) is 6.22. The van der Waals surface area contributed by atoms with Gasteiger partial charge in [0.2, 0.25) is 0 Å². The molecule has 1 saturated heterocycles. The molecule has 1 aliphatic heterocycles. The molecule has 0 radical (unpaired) electrons. The monoisotopic (exact) mass is 296 g/mol. The second-order valence-corrected chi connectivity index (χ2v) is 6.50. The third kappa shape index (κ3) is 5.10. The number of esters is 1. The number of Topliss-reactive ketones (excluding diaryl/α,β-unsaturated/α-hetero) is 1. The van der Waals surface area contributed by atoms with Crippen LogP contribution in [0.15, 0.2) is 0 Å². The molecule has 120 valence electrons. The van der Waals surface area contributed by atoms with Crippen LogP contribution in [0.3, 0.4) is 0 Å². The van der Waals surface area contributed by atoms with E-state index in [-0.39, 0.29) is 23.8 Å². The Morgan fingerprint density at radius 1 is 1.19 bits per heavy atom. The van der Waals surface area contributed by atoms with Gasteiger partial charge in [-0.15, -0.1) is 0 Å². The van der Waals surface area contributed by atoms with Gasteiger partial charge in [-0.05, 0) is 38.5 Å². The highest BCUT2D eigenvalue weighted by atomic mass is 16.5. The van der Waals surface area contributed by atoms with Gasteiger partial charge in [-0.3, -0.25) is 9.59 Å². The lowest BCUT2D eigenvalue weighted by Crippen LogP contribution is -2.41. The van der Waals surface area contributed by atoms with Crippen LogP contribution in [0.4, 0.5) is 0 Å². The molecule has 1 saturated carbocycles. The number of hydrogen-bond acceptors (Lipinski definition) is 4. The van der Waals surface area contributed by atoms with E-state index in [1.165, 1.54) is 19.3 Å². The topological polar surface area (TPSA) is 52.6 Å². The van der Waals surface area contributed by atoms with Gasteiger partial charge in [0.1, 0.15) is 5.78 Å². The summed E-state index contributed by atoms with van der Waals surface area (Å²) in [6.45, 7) is 2.96. The second-order valence-electron chi connectivity index (χ2n) is 6.50. The molecule has 1 heterocycles. The van der Waals surface area contributed by atoms with Gasteiger partial charge in [-0.1, -0.05) is 19.3 Å². The fraction of sp³-hybridized carbons (Fsp3) is 0.882. The first-order valence-corrected chi connectivity index (χ1v) is 8.45. The van der Waals surface area contributed by atoms with E-state index in [1.54, 1.807) is 6.92 Å². The highest BCUT2D eigenvalue weighted by Crippen LogP contribution is 2.41. The fourth-order valence-corrected chi connectivity index (χ4v) is 3.75. The largest absolute Gasteiger partial charge is 0.466 e. The Bertz CT molecular complexity index is 352. The average molecular weight is 296 g/mol. The molecule has 2 aliphatic rings. The molecule has 1 aliphatic carbocycles. The number of ketones is 1. The Hall–Kier alpha value is -0.900. The first-order valence-electron chi connectivity index (χ1n) is 8.45. The van der Waals surface area contributed by atoms with E-state index in [0.29, 0.717) is 25.4 Å². The number of ether oxygens (including phenoxy) is 2. The lowest BCUT2D eigenvalue weighted by Gasteiger charge is -2.43. The van der Waals surface area contributed by atoms with Crippen molar-refractivity contribution >= 4 is 11.8 Å². The summed E-state index contributed by atoms with van der Waals surface area (Å²) in [5.41, 5.74) is 0.0581. The molecule has 0 amide bonds. The number of hydrogen-bond donors (Lipinski definition) is 0. The van der Waals surface area contributed by atoms with Crippen LogP contribution in [0.25, 0.3) is 0 Å². The normalized spacial score (nSPS) is 24.7. The molecule has 4 heteroatoms. The number of rotatable bonds is 6. The van der Waals surface area contributed by atoms with E-state index in [0.717, 1.165) is 32.3 Å². The first kappa shape index (κ1) is 16.5. The molecule has 0 aromatic rings. The summed E-state index contributed by atoms with van der Waals surface area (Å²) < 4.78 is 10.9. The van der Waals surface area contributed by atoms with E-state index in [9.17, 15) is 9.59 Å². The summed E-state index contributed by atoms with van der Waals surface area (Å²) in [5, 5.41) is 0. The lowest BCUT2D eigenvalue weighted by atomic mass is 9.75. The molecule has 0 aromatic carbocycles. The summed E-state index contributed by atoms with van der Waals surface area (Å²) in [4.78, 5) is 23.3. The second kappa shape index (κ2) is 7.92. The average Bonchev–Trinajstić information content (AvgIpc) is 2.46. The minimum Gasteiger partial charge on any atom is -0.466 e. The van der Waals surface area contributed by atoms with Gasteiger partial charge in [0, 0.05) is 19.4 Å². The van der Waals surface area contributed by atoms with E-state index < -0.39 is 0 Å². The number of carbonyl (C=O) groups excluding carboxylic acids is 2. The highest BCUT2D eigenvalue weighted by molar-refractivity contribution is 5.83. The smallest absolute Gasteiger partial charge is 0.306 e. The van der Waals surface area contributed by atoms with Gasteiger partial charge >= 0.3 is 5.97 Å². The van der Waals surface area contributed by atoms with E-state index in [4.69, 9.17) is 9.47 Å². The van der Waals surface area contributed by atoms with Gasteiger partial charge in [0.25, 0.3) is 0 Å². The minimum atomic E-state index is -0.262. The van der Waals surface area contributed by atoms with Crippen molar-refractivity contribution in [3.63, 3.8) is 0 Å². The zero-order chi connectivity index (χ0) is 15.1. The summed E-state index contributed by atoms with van der Waals surface area (Å²) in [6.07, 6.45) is 9.28. The quantitative estimate of drug-likeness (QED) is 0.705. The minimum absolute atomic E-state index is 0.0581. The van der Waals surface area contributed by atoms with Gasteiger partial charge < -0.3 is 9.47 Å². The van der Waals surface area contributed by atoms with Gasteiger partial charge in [0.15, 0.2) is 0 Å². The maximum Gasteiger partial charge on any atom is 0.306 e. The molecule has 2 fully saturated rings. The van der Waals surface area contributed by atoms with Crippen molar-refractivity contribution in [2.24, 2.45) is 5.92 Å². The Labute approximate surface area is 127 Å². The Morgan fingerprint density at radius 2 is 1.95 bits per heavy atom. The van der Waals surface area contributed by atoms with Crippen LogP contribution in [0, 0.1) is 5.92 Å². The lowest BCUT2D eigenvalue weighted by molar-refractivity contribution is -0.145. The van der Waals surface area contributed by atoms with Crippen molar-refractivity contribution in [1.29, 1.82) is 0 Å². The highest BCUT2D eigenvalue weighted by Gasteiger charge is 2.38. The molecular formula is C17H28O4. The predicted octanol–water partition coefficient (Wildman–Crippen LogP) is 3.42. The molecule has 1 atom stereocenters. The molecule has 0 bridgehead atoms. The van der Waals surface area contributed by atoms with Crippen LogP contribution >= 0.6 is 0 Å². The molecule has 1 spiro atoms. The third-order valence-electron chi connectivity index (χ3n) is 4.79. The van der Waals surface area contributed by atoms with Crippen LogP contribution in [-0.4, -0.2) is 30.6 Å². The molecule has 0 N–H and O–H groups in total. The van der Waals surface area contributed by atoms with E-state index >= 15 is 0 Å². The SMILES string of the molecule is CCOC(=O)CCC(=O)CC1CCOC2(CCCCC2)C1. The van der Waals surface area contributed by atoms with Crippen molar-refractivity contribution < 1.29 is 19.1 Å². The van der Waals surface area contributed by atoms with Crippen LogP contribution in [0.2, 0.25) is 0 Å². The summed E-state index contributed by atoms with van der Waals surface area (Å²) in [5.74, 6) is 0.369. The number of carbonyl (C=O) groups is 2. The van der Waals surface area contributed by atoms with Crippen molar-refractivity contribution in [2.45, 2.75) is 76.7 Å². The van der Waals surface area contributed by atoms with Crippen LogP contribution in [0.5, 0.6) is 0 Å². The third-order valence-corrected chi connectivity index (χ3v) is 4.79. The molecular weight excluding hydrogens is 268 g/mol. The summed E-state index contributed by atoms with van der Waals surface area (Å²) in [6, 6.07) is 0. The Morgan fingerprint density at radius 3 is 2.67 bits per heavy atom. The van der Waals surface area contributed by atoms with Crippen LogP contribution in [0.1, 0.15) is 71.1 Å². The van der Waals surface area contributed by atoms with Gasteiger partial charge in [-0.25, -0.2) is 0 Å². The Balaban J connectivity index is 1.74. The van der Waals surface area contributed by atoms with Crippen LogP contribution in [-0.2, 0) is 19.1 Å². The van der Waals surface area contributed by atoms with Crippen molar-refractivity contribution in [2.75, 3.05) is 13.2 Å². The standard InChI is InChI=1S/C17H28O4/c1-2-20-16(19)7-6-15(18)12-14-8-11-21-17(13-14)9-4-3-5-10-17/h14H,2-13H2,1H3. The molecule has 2 rings (SSSR count). The maximum absolute atomic E-state index is 12.0. The molecule has 1 unspecified atom stereocenters. The van der Waals surface area contributed by atoms with Crippen LogP contribution < -0.4 is 0 Å². The zero-order valence-electron chi connectivity index (χ0n) is 13.2. The maximum atomic E-state index is 12.0. The van der Waals surface area contributed by atoms with Crippen molar-refractivity contribution in [3.8, 4) is 0 Å². The first-order chi connectivity index (χ1) is 10.1. The zero-order valence-corrected chi connectivity index (χ0v) is 13.2. The van der Waals surface area contributed by atoms with E-state index in [2.05, 4.69) is 0 Å². The van der Waals surface area contributed by atoms with Crippen molar-refractivity contribution in [3.05, 3.63) is 0 Å². The van der Waals surface area contributed by atoms with Gasteiger partial charge in [-0.2, -0.15) is 0 Å². The van der Waals surface area contributed by atoms with E-state index in [1.807, 2.05) is 0 Å². The summed E-state index contributed by atoms with van der Waals surface area (Å²) >= 11 is 0. The van der Waals surface area contributed by atoms with Gasteiger partial charge in [0.05, 0.1) is 18.6 Å². The molecule has 0 aromatic heterocycles. The van der Waals surface area contributed by atoms with Crippen molar-refractivity contribution in [1.82, 2.24) is 0 Å². The molecule has 21 heavy (non-hydrogen) atoms. The summed E-state index contributed by atoms with van der Waals surface area (Å²) in [7, 11) is 0. The fourth-order valence-electron chi connectivity index (χ4n) is 3.75. The predicted molar refractivity (Wildman–Crippen MR) is 80.0 cm³/mol.